The Morgan fingerprint density at radius 2 is 1.91 bits per heavy atom. The number of nitrogen functional groups attached to an aromatic ring is 1. The number of esters is 1. The van der Waals surface area contributed by atoms with Crippen LogP contribution in [0.5, 0.6) is 0 Å². The van der Waals surface area contributed by atoms with Crippen LogP contribution in [0, 0.1) is 11.6 Å². The lowest BCUT2D eigenvalue weighted by atomic mass is 10.2. The molecule has 0 aliphatic rings. The standard InChI is InChI=1S/C15H11BrF2N2O3/c16-8-1-4-13(11(18)5-8)20-14(21)7-23-15(22)10-3-2-9(17)6-12(10)19/h1-6H,7,19H2,(H,20,21). The van der Waals surface area contributed by atoms with Gasteiger partial charge in [0.1, 0.15) is 11.6 Å². The van der Waals surface area contributed by atoms with E-state index in [9.17, 15) is 18.4 Å². The molecule has 120 valence electrons. The molecule has 2 aromatic carbocycles. The molecule has 0 atom stereocenters. The first-order valence-corrected chi connectivity index (χ1v) is 7.13. The molecule has 2 rings (SSSR count). The molecule has 8 heteroatoms. The predicted octanol–water partition coefficient (Wildman–Crippen LogP) is 3.11. The van der Waals surface area contributed by atoms with Gasteiger partial charge in [-0.2, -0.15) is 0 Å². The highest BCUT2D eigenvalue weighted by Crippen LogP contribution is 2.19. The SMILES string of the molecule is Nc1cc(F)ccc1C(=O)OCC(=O)Nc1ccc(Br)cc1F. The van der Waals surface area contributed by atoms with Gasteiger partial charge in [-0.15, -0.1) is 0 Å². The van der Waals surface area contributed by atoms with Crippen LogP contribution in [0.4, 0.5) is 20.2 Å². The average Bonchev–Trinajstić information content (AvgIpc) is 2.48. The molecular formula is C15H11BrF2N2O3. The quantitative estimate of drug-likeness (QED) is 0.626. The van der Waals surface area contributed by atoms with E-state index >= 15 is 0 Å². The number of nitrogens with one attached hydrogen (secondary N) is 1. The molecule has 0 aliphatic heterocycles. The van der Waals surface area contributed by atoms with Crippen molar-refractivity contribution in [3.63, 3.8) is 0 Å². The van der Waals surface area contributed by atoms with Gasteiger partial charge >= 0.3 is 5.97 Å². The van der Waals surface area contributed by atoms with E-state index in [-0.39, 0.29) is 16.9 Å². The zero-order chi connectivity index (χ0) is 17.0. The van der Waals surface area contributed by atoms with Gasteiger partial charge < -0.3 is 15.8 Å². The molecule has 0 heterocycles. The van der Waals surface area contributed by atoms with E-state index in [0.29, 0.717) is 4.47 Å². The van der Waals surface area contributed by atoms with Gasteiger partial charge in [-0.1, -0.05) is 15.9 Å². The Bertz CT molecular complexity index is 768. The molecule has 0 bridgehead atoms. The number of amides is 1. The first kappa shape index (κ1) is 16.9. The Labute approximate surface area is 138 Å². The van der Waals surface area contributed by atoms with Crippen LogP contribution < -0.4 is 11.1 Å². The van der Waals surface area contributed by atoms with Gasteiger partial charge in [0.05, 0.1) is 11.3 Å². The van der Waals surface area contributed by atoms with E-state index < -0.39 is 30.1 Å². The van der Waals surface area contributed by atoms with Crippen molar-refractivity contribution < 1.29 is 23.1 Å². The molecule has 0 aliphatic carbocycles. The smallest absolute Gasteiger partial charge is 0.340 e. The first-order chi connectivity index (χ1) is 10.9. The van der Waals surface area contributed by atoms with Crippen LogP contribution in [0.25, 0.3) is 0 Å². The van der Waals surface area contributed by atoms with Gasteiger partial charge in [0.15, 0.2) is 6.61 Å². The average molecular weight is 385 g/mol. The van der Waals surface area contributed by atoms with Gasteiger partial charge in [-0.3, -0.25) is 4.79 Å². The number of ether oxygens (including phenoxy) is 1. The Morgan fingerprint density at radius 3 is 2.57 bits per heavy atom. The number of anilines is 2. The van der Waals surface area contributed by atoms with Crippen molar-refractivity contribution in [1.82, 2.24) is 0 Å². The lowest BCUT2D eigenvalue weighted by Gasteiger charge is -2.09. The molecule has 0 unspecified atom stereocenters. The third-order valence-corrected chi connectivity index (χ3v) is 3.27. The maximum Gasteiger partial charge on any atom is 0.340 e. The fraction of sp³-hybridized carbons (Fsp3) is 0.0667. The summed E-state index contributed by atoms with van der Waals surface area (Å²) in [4.78, 5) is 23.4. The topological polar surface area (TPSA) is 81.4 Å². The summed E-state index contributed by atoms with van der Waals surface area (Å²) < 4.78 is 31.7. The van der Waals surface area contributed by atoms with Crippen molar-refractivity contribution >= 4 is 39.2 Å². The Kier molecular flexibility index (Phi) is 5.28. The number of halogens is 3. The molecular weight excluding hydrogens is 374 g/mol. The van der Waals surface area contributed by atoms with Gasteiger partial charge in [-0.05, 0) is 36.4 Å². The highest BCUT2D eigenvalue weighted by molar-refractivity contribution is 9.10. The molecule has 5 nitrogen and oxygen atoms in total. The van der Waals surface area contributed by atoms with E-state index in [1.165, 1.54) is 12.1 Å². The molecule has 0 saturated carbocycles. The summed E-state index contributed by atoms with van der Waals surface area (Å²) in [7, 11) is 0. The minimum Gasteiger partial charge on any atom is -0.452 e. The summed E-state index contributed by atoms with van der Waals surface area (Å²) in [6, 6.07) is 7.25. The number of benzene rings is 2. The van der Waals surface area contributed by atoms with Crippen LogP contribution in [0.1, 0.15) is 10.4 Å². The minimum absolute atomic E-state index is 0.0458. The lowest BCUT2D eigenvalue weighted by Crippen LogP contribution is -2.21. The van der Waals surface area contributed by atoms with Crippen LogP contribution >= 0.6 is 15.9 Å². The fourth-order valence-corrected chi connectivity index (χ4v) is 2.04. The van der Waals surface area contributed by atoms with E-state index in [2.05, 4.69) is 21.2 Å². The van der Waals surface area contributed by atoms with Crippen molar-refractivity contribution in [2.45, 2.75) is 0 Å². The monoisotopic (exact) mass is 384 g/mol. The normalized spacial score (nSPS) is 10.2. The molecule has 0 saturated heterocycles. The number of carbonyl (C=O) groups is 2. The molecule has 3 N–H and O–H groups in total. The Morgan fingerprint density at radius 1 is 1.17 bits per heavy atom. The van der Waals surface area contributed by atoms with Crippen LogP contribution in [-0.2, 0) is 9.53 Å². The summed E-state index contributed by atoms with van der Waals surface area (Å²) in [5.74, 6) is -2.83. The second-order valence-corrected chi connectivity index (χ2v) is 5.40. The van der Waals surface area contributed by atoms with Crippen molar-refractivity contribution in [2.24, 2.45) is 0 Å². The molecule has 2 aromatic rings. The molecule has 0 fully saturated rings. The maximum atomic E-state index is 13.6. The number of carbonyl (C=O) groups excluding carboxylic acids is 2. The summed E-state index contributed by atoms with van der Waals surface area (Å²) in [6.07, 6.45) is 0. The molecule has 23 heavy (non-hydrogen) atoms. The third kappa shape index (κ3) is 4.49. The second-order valence-electron chi connectivity index (χ2n) is 4.48. The van der Waals surface area contributed by atoms with E-state index in [0.717, 1.165) is 18.2 Å². The molecule has 0 radical (unpaired) electrons. The van der Waals surface area contributed by atoms with Gasteiger partial charge in [0, 0.05) is 10.2 Å². The van der Waals surface area contributed by atoms with E-state index in [1.54, 1.807) is 6.07 Å². The van der Waals surface area contributed by atoms with Crippen LogP contribution in [0.3, 0.4) is 0 Å². The largest absolute Gasteiger partial charge is 0.452 e. The fourth-order valence-electron chi connectivity index (χ4n) is 1.71. The zero-order valence-electron chi connectivity index (χ0n) is 11.6. The second kappa shape index (κ2) is 7.19. The van der Waals surface area contributed by atoms with Gasteiger partial charge in [0.2, 0.25) is 0 Å². The van der Waals surface area contributed by atoms with Crippen molar-refractivity contribution in [3.05, 3.63) is 58.1 Å². The zero-order valence-corrected chi connectivity index (χ0v) is 13.2. The Hall–Kier alpha value is -2.48. The highest BCUT2D eigenvalue weighted by atomic mass is 79.9. The Balaban J connectivity index is 1.94. The van der Waals surface area contributed by atoms with Crippen LogP contribution in [0.15, 0.2) is 40.9 Å². The first-order valence-electron chi connectivity index (χ1n) is 6.34. The summed E-state index contributed by atoms with van der Waals surface area (Å²) in [5, 5.41) is 2.26. The summed E-state index contributed by atoms with van der Waals surface area (Å²) in [5.41, 5.74) is 5.28. The third-order valence-electron chi connectivity index (χ3n) is 2.77. The van der Waals surface area contributed by atoms with Crippen LogP contribution in [-0.4, -0.2) is 18.5 Å². The number of hydrogen-bond donors (Lipinski definition) is 2. The van der Waals surface area contributed by atoms with E-state index in [4.69, 9.17) is 10.5 Å². The number of nitrogens with two attached hydrogens (primary N) is 1. The number of hydrogen-bond acceptors (Lipinski definition) is 4. The molecule has 0 aromatic heterocycles. The van der Waals surface area contributed by atoms with Gasteiger partial charge in [0.25, 0.3) is 5.91 Å². The van der Waals surface area contributed by atoms with E-state index in [1.807, 2.05) is 0 Å². The maximum absolute atomic E-state index is 13.6. The highest BCUT2D eigenvalue weighted by Gasteiger charge is 2.14. The van der Waals surface area contributed by atoms with Crippen LogP contribution in [0.2, 0.25) is 0 Å². The van der Waals surface area contributed by atoms with Crippen molar-refractivity contribution in [1.29, 1.82) is 0 Å². The summed E-state index contributed by atoms with van der Waals surface area (Å²) >= 11 is 3.09. The number of rotatable bonds is 4. The summed E-state index contributed by atoms with van der Waals surface area (Å²) in [6.45, 7) is -0.634. The lowest BCUT2D eigenvalue weighted by molar-refractivity contribution is -0.119. The molecule has 0 spiro atoms. The molecule has 1 amide bonds. The van der Waals surface area contributed by atoms with Gasteiger partial charge in [-0.25, -0.2) is 13.6 Å². The van der Waals surface area contributed by atoms with Crippen molar-refractivity contribution in [3.8, 4) is 0 Å². The minimum atomic E-state index is -0.881. The predicted molar refractivity (Wildman–Crippen MR) is 83.8 cm³/mol. The van der Waals surface area contributed by atoms with Crippen molar-refractivity contribution in [2.75, 3.05) is 17.7 Å².